The van der Waals surface area contributed by atoms with E-state index < -0.39 is 49.7 Å². The van der Waals surface area contributed by atoms with Crippen LogP contribution in [0.5, 0.6) is 0 Å². The summed E-state index contributed by atoms with van der Waals surface area (Å²) in [6.07, 6.45) is -0.136. The Morgan fingerprint density at radius 3 is 2.03 bits per heavy atom. The molecule has 0 saturated carbocycles. The van der Waals surface area contributed by atoms with Gasteiger partial charge in [0, 0.05) is 28.3 Å². The van der Waals surface area contributed by atoms with Crippen LogP contribution in [-0.2, 0) is 59.1 Å². The van der Waals surface area contributed by atoms with Crippen LogP contribution in [0.3, 0.4) is 0 Å². The molecule has 0 aliphatic heterocycles. The van der Waals surface area contributed by atoms with Crippen LogP contribution in [-0.4, -0.2) is 85.7 Å². The first-order valence-electron chi connectivity index (χ1n) is 19.3. The molecular weight excluding hydrogens is 833 g/mol. The lowest BCUT2D eigenvalue weighted by molar-refractivity contribution is -0.158. The number of aryl methyl sites for hydroxylation is 1. The van der Waals surface area contributed by atoms with Gasteiger partial charge in [0.15, 0.2) is 11.6 Å². The summed E-state index contributed by atoms with van der Waals surface area (Å²) in [7, 11) is -4.73. The summed E-state index contributed by atoms with van der Waals surface area (Å²) in [5.74, 6) is -0.976. The molecule has 3 atom stereocenters. The number of hydrogen-bond acceptors (Lipinski definition) is 12. The zero-order valence-electron chi connectivity index (χ0n) is 34.2. The van der Waals surface area contributed by atoms with Gasteiger partial charge in [0.25, 0.3) is 0 Å². The van der Waals surface area contributed by atoms with Crippen molar-refractivity contribution in [3.05, 3.63) is 142 Å². The van der Waals surface area contributed by atoms with Gasteiger partial charge in [0.1, 0.15) is 12.2 Å². The van der Waals surface area contributed by atoms with Crippen molar-refractivity contribution in [2.24, 2.45) is 0 Å². The third kappa shape index (κ3) is 16.3. The lowest BCUT2D eigenvalue weighted by Gasteiger charge is -2.37. The van der Waals surface area contributed by atoms with Crippen molar-refractivity contribution in [1.29, 1.82) is 0 Å². The molecule has 1 amide bonds. The molecule has 0 aliphatic rings. The SMILES string of the molecule is Cc1ccc(C(OC(=O)C(COP(=O)(O)OCc2ccccc2)NC(=O)CSCCCOCCOCCOC(=O)OC(C)(C)C)(c2ccccc2)c2ccccc2Cl)cc1. The van der Waals surface area contributed by atoms with Gasteiger partial charge in [-0.3, -0.25) is 13.8 Å². The van der Waals surface area contributed by atoms with Crippen LogP contribution in [0.1, 0.15) is 55.0 Å². The first-order valence-corrected chi connectivity index (χ1v) is 22.4. The number of carbonyl (C=O) groups excluding carboxylic acids is 3. The lowest BCUT2D eigenvalue weighted by atomic mass is 9.79. The summed E-state index contributed by atoms with van der Waals surface area (Å²) in [6.45, 7) is 7.49. The molecule has 60 heavy (non-hydrogen) atoms. The molecule has 324 valence electrons. The van der Waals surface area contributed by atoms with Gasteiger partial charge >= 0.3 is 19.9 Å². The van der Waals surface area contributed by atoms with Crippen LogP contribution < -0.4 is 5.32 Å². The Morgan fingerprint density at radius 2 is 1.37 bits per heavy atom. The van der Waals surface area contributed by atoms with Gasteiger partial charge in [0.2, 0.25) is 5.91 Å². The average Bonchev–Trinajstić information content (AvgIpc) is 3.21. The molecule has 0 fully saturated rings. The maximum absolute atomic E-state index is 14.5. The summed E-state index contributed by atoms with van der Waals surface area (Å²) in [5, 5.41) is 2.97. The minimum absolute atomic E-state index is 0.0435. The van der Waals surface area contributed by atoms with Crippen molar-refractivity contribution < 1.29 is 56.6 Å². The van der Waals surface area contributed by atoms with Gasteiger partial charge in [-0.2, -0.15) is 11.8 Å². The van der Waals surface area contributed by atoms with Crippen molar-refractivity contribution in [3.8, 4) is 0 Å². The topological polar surface area (TPSA) is 165 Å². The third-order valence-corrected chi connectivity index (χ3v) is 10.7. The molecule has 0 heterocycles. The largest absolute Gasteiger partial charge is 0.508 e. The predicted molar refractivity (Wildman–Crippen MR) is 230 cm³/mol. The maximum atomic E-state index is 14.5. The second-order valence-electron chi connectivity index (χ2n) is 14.4. The Hall–Kier alpha value is -4.24. The number of amides is 1. The van der Waals surface area contributed by atoms with Crippen molar-refractivity contribution in [2.75, 3.05) is 51.1 Å². The Morgan fingerprint density at radius 1 is 0.767 bits per heavy atom. The van der Waals surface area contributed by atoms with Gasteiger partial charge < -0.3 is 33.9 Å². The molecule has 0 bridgehead atoms. The van der Waals surface area contributed by atoms with E-state index >= 15 is 0 Å². The van der Waals surface area contributed by atoms with E-state index in [9.17, 15) is 23.8 Å². The van der Waals surface area contributed by atoms with Crippen LogP contribution in [0.25, 0.3) is 0 Å². The number of thioether (sulfide) groups is 1. The van der Waals surface area contributed by atoms with Crippen LogP contribution in [0.4, 0.5) is 4.79 Å². The first kappa shape index (κ1) is 48.4. The van der Waals surface area contributed by atoms with Crippen molar-refractivity contribution in [2.45, 2.75) is 58.0 Å². The Kier molecular flexibility index (Phi) is 19.6. The third-order valence-electron chi connectivity index (χ3n) is 8.43. The number of esters is 1. The fraction of sp³-hybridized carbons (Fsp3) is 0.386. The molecule has 13 nitrogen and oxygen atoms in total. The summed E-state index contributed by atoms with van der Waals surface area (Å²) < 4.78 is 51.1. The van der Waals surface area contributed by atoms with E-state index in [-0.39, 0.29) is 25.6 Å². The van der Waals surface area contributed by atoms with Crippen molar-refractivity contribution in [1.82, 2.24) is 5.32 Å². The summed E-state index contributed by atoms with van der Waals surface area (Å²) in [6, 6.07) is 30.7. The number of nitrogens with one attached hydrogen (secondary N) is 1. The molecule has 0 spiro atoms. The van der Waals surface area contributed by atoms with Gasteiger partial charge in [-0.1, -0.05) is 120 Å². The number of benzene rings is 4. The molecule has 0 saturated heterocycles. The van der Waals surface area contributed by atoms with Gasteiger partial charge in [-0.05, 0) is 51.5 Å². The number of phosphoric acid groups is 1. The van der Waals surface area contributed by atoms with E-state index in [4.69, 9.17) is 44.3 Å². The van der Waals surface area contributed by atoms with E-state index in [1.54, 1.807) is 99.6 Å². The molecule has 3 unspecified atom stereocenters. The van der Waals surface area contributed by atoms with Crippen LogP contribution in [0.2, 0.25) is 5.02 Å². The van der Waals surface area contributed by atoms with Crippen molar-refractivity contribution in [3.63, 3.8) is 0 Å². The number of carbonyl (C=O) groups is 3. The summed E-state index contributed by atoms with van der Waals surface area (Å²) in [4.78, 5) is 50.1. The highest BCUT2D eigenvalue weighted by Crippen LogP contribution is 2.46. The zero-order chi connectivity index (χ0) is 43.4. The standard InChI is InChI=1S/C44H53ClNO12PS/c1-33-20-22-36(23-21-33)44(35-16-9-6-10-17-35,37-18-11-12-19-38(37)45)57-41(48)39(31-56-59(50,51)55-30-34-14-7-5-8-15-34)46-40(47)32-60-29-13-24-52-25-26-53-27-28-54-42(49)58-43(2,3)4/h5-12,14-23,39H,13,24-32H2,1-4H3,(H,46,47)(H,50,51). The molecular formula is C44H53ClNO12PS. The number of rotatable bonds is 24. The molecule has 4 aromatic carbocycles. The Balaban J connectivity index is 1.41. The quantitative estimate of drug-likeness (QED) is 0.0299. The summed E-state index contributed by atoms with van der Waals surface area (Å²) >= 11 is 8.16. The second-order valence-corrected chi connectivity index (χ2v) is 17.4. The number of ether oxygens (including phenoxy) is 5. The molecule has 2 N–H and O–H groups in total. The zero-order valence-corrected chi connectivity index (χ0v) is 36.7. The number of hydrogen-bond donors (Lipinski definition) is 2. The van der Waals surface area contributed by atoms with E-state index in [0.29, 0.717) is 59.3 Å². The van der Waals surface area contributed by atoms with Crippen LogP contribution >= 0.6 is 31.2 Å². The lowest BCUT2D eigenvalue weighted by Crippen LogP contribution is -2.49. The first-order chi connectivity index (χ1) is 28.7. The minimum Gasteiger partial charge on any atom is -0.443 e. The van der Waals surface area contributed by atoms with Crippen LogP contribution in [0.15, 0.2) is 109 Å². The van der Waals surface area contributed by atoms with Crippen LogP contribution in [0, 0.1) is 6.92 Å². The molecule has 0 radical (unpaired) electrons. The molecule has 16 heteroatoms. The maximum Gasteiger partial charge on any atom is 0.508 e. The molecule has 4 rings (SSSR count). The predicted octanol–water partition coefficient (Wildman–Crippen LogP) is 8.41. The van der Waals surface area contributed by atoms with E-state index in [1.807, 2.05) is 37.3 Å². The smallest absolute Gasteiger partial charge is 0.443 e. The fourth-order valence-electron chi connectivity index (χ4n) is 5.63. The van der Waals surface area contributed by atoms with Gasteiger partial charge in [-0.15, -0.1) is 0 Å². The van der Waals surface area contributed by atoms with Crippen molar-refractivity contribution >= 4 is 49.2 Å². The van der Waals surface area contributed by atoms with E-state index in [0.717, 1.165) is 5.56 Å². The average molecular weight is 886 g/mol. The Bertz CT molecular complexity index is 1980. The monoisotopic (exact) mass is 885 g/mol. The Labute approximate surface area is 361 Å². The van der Waals surface area contributed by atoms with Gasteiger partial charge in [0.05, 0.1) is 38.8 Å². The number of halogens is 1. The fourth-order valence-corrected chi connectivity index (χ4v) is 7.36. The highest BCUT2D eigenvalue weighted by molar-refractivity contribution is 7.99. The molecule has 0 aromatic heterocycles. The highest BCUT2D eigenvalue weighted by Gasteiger charge is 2.44. The summed E-state index contributed by atoms with van der Waals surface area (Å²) in [5.41, 5.74) is 0.937. The number of phosphoric ester groups is 1. The van der Waals surface area contributed by atoms with Gasteiger partial charge in [-0.25, -0.2) is 14.2 Å². The van der Waals surface area contributed by atoms with E-state index in [1.165, 1.54) is 11.8 Å². The second kappa shape index (κ2) is 24.3. The molecule has 4 aromatic rings. The minimum atomic E-state index is -4.73. The highest BCUT2D eigenvalue weighted by atomic mass is 35.5. The van der Waals surface area contributed by atoms with E-state index in [2.05, 4.69) is 5.32 Å². The normalized spacial score (nSPS) is 14.0. The molecule has 0 aliphatic carbocycles.